The molecule has 5 heteroatoms. The second kappa shape index (κ2) is 5.01. The van der Waals surface area contributed by atoms with E-state index in [1.165, 1.54) is 0 Å². The van der Waals surface area contributed by atoms with Crippen LogP contribution in [0.4, 0.5) is 4.79 Å². The first kappa shape index (κ1) is 13.3. The first-order valence-electron chi connectivity index (χ1n) is 5.57. The second-order valence-corrected chi connectivity index (χ2v) is 5.00. The fourth-order valence-corrected chi connectivity index (χ4v) is 1.66. The van der Waals surface area contributed by atoms with Gasteiger partial charge >= 0.3 is 6.09 Å². The summed E-state index contributed by atoms with van der Waals surface area (Å²) in [6, 6.07) is -0.316. The summed E-state index contributed by atoms with van der Waals surface area (Å²) in [6.07, 6.45) is -0.548. The molecule has 1 rings (SSSR count). The summed E-state index contributed by atoms with van der Waals surface area (Å²) in [5.74, 6) is 0. The van der Waals surface area contributed by atoms with Crippen LogP contribution in [0.15, 0.2) is 0 Å². The summed E-state index contributed by atoms with van der Waals surface area (Å²) in [7, 11) is 0. The van der Waals surface area contributed by atoms with E-state index < -0.39 is 5.60 Å². The minimum atomic E-state index is -0.515. The van der Waals surface area contributed by atoms with Gasteiger partial charge in [-0.25, -0.2) is 4.79 Å². The van der Waals surface area contributed by atoms with Gasteiger partial charge in [-0.05, 0) is 27.7 Å². The number of aliphatic hydroxyl groups is 1. The molecule has 0 aromatic heterocycles. The van der Waals surface area contributed by atoms with Crippen LogP contribution in [0.3, 0.4) is 0 Å². The number of aliphatic hydroxyl groups excluding tert-OH is 1. The average molecular weight is 231 g/mol. The maximum Gasteiger partial charge on any atom is 0.410 e. The Labute approximate surface area is 96.3 Å². The molecule has 1 saturated heterocycles. The molecule has 0 aromatic rings. The number of nitrogens with zero attached hydrogens (tertiary/aromatic N) is 1. The van der Waals surface area contributed by atoms with Crippen LogP contribution < -0.4 is 0 Å². The number of amides is 1. The molecule has 2 atom stereocenters. The van der Waals surface area contributed by atoms with Crippen LogP contribution in [-0.4, -0.2) is 53.6 Å². The number of morpholine rings is 1. The van der Waals surface area contributed by atoms with Crippen LogP contribution in [0.1, 0.15) is 27.7 Å². The van der Waals surface area contributed by atoms with Gasteiger partial charge in [-0.3, -0.25) is 4.90 Å². The zero-order valence-electron chi connectivity index (χ0n) is 10.4. The molecule has 0 spiro atoms. The van der Waals surface area contributed by atoms with Crippen LogP contribution in [0.25, 0.3) is 0 Å². The van der Waals surface area contributed by atoms with Crippen molar-refractivity contribution in [3.8, 4) is 0 Å². The van der Waals surface area contributed by atoms with E-state index in [2.05, 4.69) is 0 Å². The van der Waals surface area contributed by atoms with Crippen molar-refractivity contribution in [1.82, 2.24) is 4.90 Å². The lowest BCUT2D eigenvalue weighted by Gasteiger charge is -2.39. The second-order valence-electron chi connectivity index (χ2n) is 5.00. The lowest BCUT2D eigenvalue weighted by Crippen LogP contribution is -2.55. The summed E-state index contributed by atoms with van der Waals surface area (Å²) in [5.41, 5.74) is -0.515. The lowest BCUT2D eigenvalue weighted by atomic mass is 10.1. The van der Waals surface area contributed by atoms with E-state index in [-0.39, 0.29) is 24.8 Å². The summed E-state index contributed by atoms with van der Waals surface area (Å²) >= 11 is 0. The SMILES string of the molecule is C[C@H]1OCCN(C(=O)OC(C)(C)C)[C@@H]1CO. The van der Waals surface area contributed by atoms with E-state index in [9.17, 15) is 9.90 Å². The number of carbonyl (C=O) groups excluding carboxylic acids is 1. The Hall–Kier alpha value is -0.810. The number of ether oxygens (including phenoxy) is 2. The van der Waals surface area contributed by atoms with Gasteiger partial charge in [0.05, 0.1) is 25.4 Å². The third-order valence-corrected chi connectivity index (χ3v) is 2.47. The van der Waals surface area contributed by atoms with E-state index in [4.69, 9.17) is 9.47 Å². The Kier molecular flexibility index (Phi) is 4.15. The lowest BCUT2D eigenvalue weighted by molar-refractivity contribution is -0.0809. The third-order valence-electron chi connectivity index (χ3n) is 2.47. The molecule has 0 unspecified atom stereocenters. The van der Waals surface area contributed by atoms with Gasteiger partial charge < -0.3 is 14.6 Å². The van der Waals surface area contributed by atoms with E-state index >= 15 is 0 Å². The number of hydrogen-bond acceptors (Lipinski definition) is 4. The average Bonchev–Trinajstić information content (AvgIpc) is 2.14. The third kappa shape index (κ3) is 3.35. The predicted octanol–water partition coefficient (Wildman–Crippen LogP) is 1.00. The van der Waals surface area contributed by atoms with Crippen LogP contribution >= 0.6 is 0 Å². The first-order chi connectivity index (χ1) is 7.35. The normalized spacial score (nSPS) is 26.7. The number of carbonyl (C=O) groups is 1. The zero-order chi connectivity index (χ0) is 12.3. The molecular formula is C11H21NO4. The van der Waals surface area contributed by atoms with Crippen molar-refractivity contribution < 1.29 is 19.4 Å². The van der Waals surface area contributed by atoms with Crippen LogP contribution in [-0.2, 0) is 9.47 Å². The molecule has 1 aliphatic rings. The van der Waals surface area contributed by atoms with Gasteiger partial charge in [0.25, 0.3) is 0 Å². The van der Waals surface area contributed by atoms with Crippen molar-refractivity contribution in [2.24, 2.45) is 0 Å². The minimum absolute atomic E-state index is 0.111. The fraction of sp³-hybridized carbons (Fsp3) is 0.909. The molecule has 1 N–H and O–H groups in total. The maximum atomic E-state index is 11.9. The predicted molar refractivity (Wildman–Crippen MR) is 59.2 cm³/mol. The fourth-order valence-electron chi connectivity index (χ4n) is 1.66. The smallest absolute Gasteiger partial charge is 0.410 e. The highest BCUT2D eigenvalue weighted by molar-refractivity contribution is 5.68. The van der Waals surface area contributed by atoms with Gasteiger partial charge in [-0.2, -0.15) is 0 Å². The van der Waals surface area contributed by atoms with Gasteiger partial charge in [0.15, 0.2) is 0 Å². The standard InChI is InChI=1S/C11H21NO4/c1-8-9(7-13)12(5-6-15-8)10(14)16-11(2,3)4/h8-9,13H,5-7H2,1-4H3/t8-,9-/m1/s1. The Morgan fingerprint density at radius 1 is 1.56 bits per heavy atom. The molecule has 1 fully saturated rings. The van der Waals surface area contributed by atoms with Crippen molar-refractivity contribution in [2.45, 2.75) is 45.4 Å². The van der Waals surface area contributed by atoms with Crippen molar-refractivity contribution in [3.63, 3.8) is 0 Å². The van der Waals surface area contributed by atoms with Gasteiger partial charge in [0.1, 0.15) is 5.60 Å². The molecule has 5 nitrogen and oxygen atoms in total. The highest BCUT2D eigenvalue weighted by atomic mass is 16.6. The van der Waals surface area contributed by atoms with E-state index in [0.717, 1.165) is 0 Å². The molecule has 94 valence electrons. The topological polar surface area (TPSA) is 59.0 Å². The monoisotopic (exact) mass is 231 g/mol. The molecule has 1 amide bonds. The highest BCUT2D eigenvalue weighted by Gasteiger charge is 2.34. The Bertz CT molecular complexity index is 249. The summed E-state index contributed by atoms with van der Waals surface area (Å²) < 4.78 is 10.7. The van der Waals surface area contributed by atoms with Crippen LogP contribution in [0.2, 0.25) is 0 Å². The minimum Gasteiger partial charge on any atom is -0.444 e. The van der Waals surface area contributed by atoms with Gasteiger partial charge in [0.2, 0.25) is 0 Å². The molecule has 1 aliphatic heterocycles. The van der Waals surface area contributed by atoms with E-state index in [1.54, 1.807) is 4.90 Å². The number of hydrogen-bond donors (Lipinski definition) is 1. The molecule has 1 heterocycles. The molecule has 0 aliphatic carbocycles. The zero-order valence-corrected chi connectivity index (χ0v) is 10.4. The van der Waals surface area contributed by atoms with Gasteiger partial charge in [0, 0.05) is 6.54 Å². The Balaban J connectivity index is 2.66. The van der Waals surface area contributed by atoms with Gasteiger partial charge in [-0.1, -0.05) is 0 Å². The largest absolute Gasteiger partial charge is 0.444 e. The molecule has 0 radical (unpaired) electrons. The van der Waals surface area contributed by atoms with Crippen molar-refractivity contribution in [2.75, 3.05) is 19.8 Å². The van der Waals surface area contributed by atoms with Crippen LogP contribution in [0.5, 0.6) is 0 Å². The summed E-state index contributed by atoms with van der Waals surface area (Å²) in [5, 5.41) is 9.25. The Morgan fingerprint density at radius 3 is 2.69 bits per heavy atom. The summed E-state index contributed by atoms with van der Waals surface area (Å²) in [4.78, 5) is 13.4. The quantitative estimate of drug-likeness (QED) is 0.731. The van der Waals surface area contributed by atoms with Crippen molar-refractivity contribution >= 4 is 6.09 Å². The molecule has 0 aromatic carbocycles. The molecular weight excluding hydrogens is 210 g/mol. The van der Waals surface area contributed by atoms with E-state index in [0.29, 0.717) is 13.2 Å². The van der Waals surface area contributed by atoms with Crippen molar-refractivity contribution in [1.29, 1.82) is 0 Å². The van der Waals surface area contributed by atoms with E-state index in [1.807, 2.05) is 27.7 Å². The summed E-state index contributed by atoms with van der Waals surface area (Å²) in [6.45, 7) is 8.15. The molecule has 16 heavy (non-hydrogen) atoms. The molecule has 0 saturated carbocycles. The van der Waals surface area contributed by atoms with Crippen LogP contribution in [0, 0.1) is 0 Å². The van der Waals surface area contributed by atoms with Crippen molar-refractivity contribution in [3.05, 3.63) is 0 Å². The molecule has 0 bridgehead atoms. The first-order valence-corrected chi connectivity index (χ1v) is 5.57. The maximum absolute atomic E-state index is 11.9. The Morgan fingerprint density at radius 2 is 2.19 bits per heavy atom. The number of rotatable bonds is 1. The van der Waals surface area contributed by atoms with Gasteiger partial charge in [-0.15, -0.1) is 0 Å². The highest BCUT2D eigenvalue weighted by Crippen LogP contribution is 2.17.